The van der Waals surface area contributed by atoms with E-state index in [1.165, 1.54) is 7.11 Å². The molecule has 0 spiro atoms. The zero-order valence-electron chi connectivity index (χ0n) is 10.6. The van der Waals surface area contributed by atoms with Crippen LogP contribution in [0.2, 0.25) is 0 Å². The Morgan fingerprint density at radius 3 is 2.40 bits per heavy atom. The van der Waals surface area contributed by atoms with Gasteiger partial charge in [0.2, 0.25) is 0 Å². The third kappa shape index (κ3) is 2.79. The second-order valence-electron chi connectivity index (χ2n) is 4.08. The van der Waals surface area contributed by atoms with Crippen molar-refractivity contribution < 1.29 is 23.0 Å². The summed E-state index contributed by atoms with van der Waals surface area (Å²) < 4.78 is 43.8. The van der Waals surface area contributed by atoms with Crippen LogP contribution in [-0.4, -0.2) is 12.2 Å². The second-order valence-corrected chi connectivity index (χ2v) is 4.08. The Morgan fingerprint density at radius 2 is 1.80 bits per heavy atom. The molecule has 2 N–H and O–H groups in total. The van der Waals surface area contributed by atoms with Crippen molar-refractivity contribution in [1.29, 1.82) is 0 Å². The smallest absolute Gasteiger partial charge is 0.194 e. The van der Waals surface area contributed by atoms with Crippen LogP contribution in [0.25, 0.3) is 0 Å². The molecule has 0 amide bonds. The van der Waals surface area contributed by atoms with Crippen molar-refractivity contribution in [3.63, 3.8) is 0 Å². The Balaban J connectivity index is 2.17. The maximum atomic E-state index is 13.0. The molecule has 0 heterocycles. The SMILES string of the molecule is COc1cccc(CNc2cc(F)c(F)c(F)c2)c1O. The van der Waals surface area contributed by atoms with Gasteiger partial charge in [-0.15, -0.1) is 0 Å². The van der Waals surface area contributed by atoms with Gasteiger partial charge in [0.1, 0.15) is 0 Å². The van der Waals surface area contributed by atoms with Crippen LogP contribution < -0.4 is 10.1 Å². The zero-order valence-corrected chi connectivity index (χ0v) is 10.6. The minimum absolute atomic E-state index is 0.0643. The summed E-state index contributed by atoms with van der Waals surface area (Å²) in [7, 11) is 1.41. The van der Waals surface area contributed by atoms with E-state index in [0.717, 1.165) is 12.1 Å². The van der Waals surface area contributed by atoms with E-state index in [-0.39, 0.29) is 18.0 Å². The molecule has 2 rings (SSSR count). The quantitative estimate of drug-likeness (QED) is 0.845. The summed E-state index contributed by atoms with van der Waals surface area (Å²) in [6.07, 6.45) is 0. The van der Waals surface area contributed by atoms with Crippen LogP contribution in [0.3, 0.4) is 0 Å². The van der Waals surface area contributed by atoms with Gasteiger partial charge in [-0.1, -0.05) is 12.1 Å². The molecule has 2 aromatic rings. The highest BCUT2D eigenvalue weighted by atomic mass is 19.2. The predicted molar refractivity (Wildman–Crippen MR) is 68.3 cm³/mol. The molecule has 0 radical (unpaired) electrons. The van der Waals surface area contributed by atoms with Crippen molar-refractivity contribution in [1.82, 2.24) is 0 Å². The first-order chi connectivity index (χ1) is 9.52. The molecule has 0 aliphatic carbocycles. The van der Waals surface area contributed by atoms with E-state index in [1.807, 2.05) is 0 Å². The Labute approximate surface area is 113 Å². The van der Waals surface area contributed by atoms with Crippen LogP contribution >= 0.6 is 0 Å². The molecule has 0 bridgehead atoms. The lowest BCUT2D eigenvalue weighted by atomic mass is 10.1. The van der Waals surface area contributed by atoms with Crippen LogP contribution in [0, 0.1) is 17.5 Å². The summed E-state index contributed by atoms with van der Waals surface area (Å²) in [4.78, 5) is 0. The monoisotopic (exact) mass is 283 g/mol. The number of rotatable bonds is 4. The van der Waals surface area contributed by atoms with Crippen LogP contribution in [0.1, 0.15) is 5.56 Å². The molecule has 0 saturated carbocycles. The molecule has 0 saturated heterocycles. The molecule has 20 heavy (non-hydrogen) atoms. The van der Waals surface area contributed by atoms with Gasteiger partial charge in [-0.25, -0.2) is 13.2 Å². The lowest BCUT2D eigenvalue weighted by Crippen LogP contribution is -2.02. The normalized spacial score (nSPS) is 10.4. The fraction of sp³-hybridized carbons (Fsp3) is 0.143. The molecule has 3 nitrogen and oxygen atoms in total. The number of halogens is 3. The summed E-state index contributed by atoms with van der Waals surface area (Å²) in [6, 6.07) is 6.56. The summed E-state index contributed by atoms with van der Waals surface area (Å²) >= 11 is 0. The number of benzene rings is 2. The highest BCUT2D eigenvalue weighted by Gasteiger charge is 2.11. The van der Waals surface area contributed by atoms with E-state index in [0.29, 0.717) is 11.3 Å². The Morgan fingerprint density at radius 1 is 1.15 bits per heavy atom. The minimum atomic E-state index is -1.51. The molecule has 6 heteroatoms. The van der Waals surface area contributed by atoms with Crippen molar-refractivity contribution in [2.45, 2.75) is 6.54 Å². The first kappa shape index (κ1) is 14.0. The summed E-state index contributed by atoms with van der Waals surface area (Å²) in [5, 5.41) is 12.5. The Bertz CT molecular complexity index is 609. The highest BCUT2D eigenvalue weighted by molar-refractivity contribution is 5.49. The molecule has 0 aliphatic rings. The number of phenols is 1. The molecule has 0 fully saturated rings. The standard InChI is InChI=1S/C14H12F3NO2/c1-20-12-4-2-3-8(14(12)19)7-18-9-5-10(15)13(17)11(16)6-9/h2-6,18-19H,7H2,1H3. The van der Waals surface area contributed by atoms with E-state index in [1.54, 1.807) is 18.2 Å². The molecule has 0 atom stereocenters. The molecular weight excluding hydrogens is 271 g/mol. The van der Waals surface area contributed by atoms with Gasteiger partial charge in [0.15, 0.2) is 29.0 Å². The largest absolute Gasteiger partial charge is 0.504 e. The number of hydrogen-bond donors (Lipinski definition) is 2. The first-order valence-electron chi connectivity index (χ1n) is 5.76. The Kier molecular flexibility index (Phi) is 4.02. The van der Waals surface area contributed by atoms with Crippen molar-refractivity contribution in [2.24, 2.45) is 0 Å². The maximum Gasteiger partial charge on any atom is 0.194 e. The van der Waals surface area contributed by atoms with Gasteiger partial charge in [0.25, 0.3) is 0 Å². The molecule has 106 valence electrons. The van der Waals surface area contributed by atoms with Gasteiger partial charge < -0.3 is 15.2 Å². The minimum Gasteiger partial charge on any atom is -0.504 e. The van der Waals surface area contributed by atoms with E-state index < -0.39 is 17.5 Å². The van der Waals surface area contributed by atoms with E-state index in [4.69, 9.17) is 4.74 Å². The fourth-order valence-electron chi connectivity index (χ4n) is 1.73. The van der Waals surface area contributed by atoms with E-state index in [2.05, 4.69) is 5.32 Å². The van der Waals surface area contributed by atoms with E-state index >= 15 is 0 Å². The number of aromatic hydroxyl groups is 1. The van der Waals surface area contributed by atoms with Crippen LogP contribution in [0.5, 0.6) is 11.5 Å². The molecule has 0 aromatic heterocycles. The second kappa shape index (κ2) is 5.73. The Hall–Kier alpha value is -2.37. The third-order valence-electron chi connectivity index (χ3n) is 2.77. The number of phenolic OH excluding ortho intramolecular Hbond substituents is 1. The number of ether oxygens (including phenoxy) is 1. The van der Waals surface area contributed by atoms with Crippen molar-refractivity contribution in [3.05, 3.63) is 53.3 Å². The van der Waals surface area contributed by atoms with Gasteiger partial charge in [-0.2, -0.15) is 0 Å². The zero-order chi connectivity index (χ0) is 14.7. The fourth-order valence-corrected chi connectivity index (χ4v) is 1.73. The lowest BCUT2D eigenvalue weighted by Gasteiger charge is -2.11. The van der Waals surface area contributed by atoms with Gasteiger partial charge in [0.05, 0.1) is 7.11 Å². The predicted octanol–water partition coefficient (Wildman–Crippen LogP) is 3.43. The summed E-state index contributed by atoms with van der Waals surface area (Å²) in [5.74, 6) is -3.84. The number of anilines is 1. The van der Waals surface area contributed by atoms with Gasteiger partial charge in [-0.3, -0.25) is 0 Å². The van der Waals surface area contributed by atoms with Crippen LogP contribution in [0.4, 0.5) is 18.9 Å². The molecule has 0 aliphatic heterocycles. The van der Waals surface area contributed by atoms with Gasteiger partial charge in [-0.05, 0) is 6.07 Å². The highest BCUT2D eigenvalue weighted by Crippen LogP contribution is 2.30. The van der Waals surface area contributed by atoms with E-state index in [9.17, 15) is 18.3 Å². The number of methoxy groups -OCH3 is 1. The third-order valence-corrected chi connectivity index (χ3v) is 2.77. The topological polar surface area (TPSA) is 41.5 Å². The lowest BCUT2D eigenvalue weighted by molar-refractivity contribution is 0.371. The van der Waals surface area contributed by atoms with Crippen molar-refractivity contribution in [3.8, 4) is 11.5 Å². The molecule has 2 aromatic carbocycles. The number of nitrogens with one attached hydrogen (secondary N) is 1. The molecular formula is C14H12F3NO2. The van der Waals surface area contributed by atoms with Crippen LogP contribution in [0.15, 0.2) is 30.3 Å². The first-order valence-corrected chi connectivity index (χ1v) is 5.76. The number of para-hydroxylation sites is 1. The van der Waals surface area contributed by atoms with Gasteiger partial charge >= 0.3 is 0 Å². The average molecular weight is 283 g/mol. The average Bonchev–Trinajstić information content (AvgIpc) is 2.43. The van der Waals surface area contributed by atoms with Crippen molar-refractivity contribution >= 4 is 5.69 Å². The van der Waals surface area contributed by atoms with Gasteiger partial charge in [0, 0.05) is 29.9 Å². The summed E-state index contributed by atoms with van der Waals surface area (Å²) in [6.45, 7) is 0.105. The molecule has 0 unspecified atom stereocenters. The number of hydrogen-bond acceptors (Lipinski definition) is 3. The van der Waals surface area contributed by atoms with Crippen molar-refractivity contribution in [2.75, 3.05) is 12.4 Å². The maximum absolute atomic E-state index is 13.0. The summed E-state index contributed by atoms with van der Waals surface area (Å²) in [5.41, 5.74) is 0.554. The van der Waals surface area contributed by atoms with Crippen LogP contribution in [-0.2, 0) is 6.54 Å².